The number of aromatic nitrogens is 3. The number of hydrogen-bond acceptors (Lipinski definition) is 6. The lowest BCUT2D eigenvalue weighted by Gasteiger charge is -2.14. The van der Waals surface area contributed by atoms with Crippen LogP contribution in [0.15, 0.2) is 42.6 Å². The van der Waals surface area contributed by atoms with Crippen LogP contribution in [0.1, 0.15) is 28.5 Å². The van der Waals surface area contributed by atoms with Crippen molar-refractivity contribution in [3.05, 3.63) is 54.0 Å². The fraction of sp³-hybridized carbons (Fsp3) is 0.381. The summed E-state index contributed by atoms with van der Waals surface area (Å²) in [5.74, 6) is 1.70. The van der Waals surface area contributed by atoms with Gasteiger partial charge in [-0.2, -0.15) is 0 Å². The second kappa shape index (κ2) is 8.59. The molecule has 1 fully saturated rings. The normalized spacial score (nSPS) is 17.0. The molecule has 1 amide bonds. The van der Waals surface area contributed by atoms with Crippen molar-refractivity contribution in [1.82, 2.24) is 19.5 Å². The van der Waals surface area contributed by atoms with E-state index in [-0.39, 0.29) is 5.91 Å². The highest BCUT2D eigenvalue weighted by atomic mass is 16.5. The van der Waals surface area contributed by atoms with Crippen molar-refractivity contribution in [3.8, 4) is 5.75 Å². The number of pyridine rings is 1. The Kier molecular flexibility index (Phi) is 5.73. The molecule has 0 bridgehead atoms. The third-order valence-electron chi connectivity index (χ3n) is 5.27. The molecule has 0 radical (unpaired) electrons. The van der Waals surface area contributed by atoms with Gasteiger partial charge in [0.25, 0.3) is 5.91 Å². The lowest BCUT2D eigenvalue weighted by molar-refractivity contribution is 0.102. The highest BCUT2D eigenvalue weighted by molar-refractivity contribution is 6.04. The predicted molar refractivity (Wildman–Crippen MR) is 110 cm³/mol. The first-order valence-corrected chi connectivity index (χ1v) is 9.69. The third-order valence-corrected chi connectivity index (χ3v) is 5.27. The van der Waals surface area contributed by atoms with Gasteiger partial charge in [-0.05, 0) is 37.2 Å². The molecule has 152 valence electrons. The molecular formula is C21H25N5O3. The maximum Gasteiger partial charge on any atom is 0.257 e. The zero-order valence-electron chi connectivity index (χ0n) is 16.7. The number of nitrogens with one attached hydrogen (secondary N) is 1. The summed E-state index contributed by atoms with van der Waals surface area (Å²) in [6, 6.07) is 10.9. The van der Waals surface area contributed by atoms with Crippen molar-refractivity contribution in [3.63, 3.8) is 0 Å². The van der Waals surface area contributed by atoms with E-state index < -0.39 is 0 Å². The first-order valence-electron chi connectivity index (χ1n) is 9.69. The van der Waals surface area contributed by atoms with Crippen LogP contribution < -0.4 is 10.1 Å². The molecule has 29 heavy (non-hydrogen) atoms. The summed E-state index contributed by atoms with van der Waals surface area (Å²) in [4.78, 5) is 15.1. The van der Waals surface area contributed by atoms with Crippen molar-refractivity contribution in [1.29, 1.82) is 0 Å². The van der Waals surface area contributed by atoms with Crippen molar-refractivity contribution in [2.45, 2.75) is 12.3 Å². The van der Waals surface area contributed by atoms with Crippen LogP contribution in [0.2, 0.25) is 0 Å². The quantitative estimate of drug-likeness (QED) is 0.662. The molecule has 3 aromatic rings. The van der Waals surface area contributed by atoms with E-state index in [2.05, 4.69) is 20.4 Å². The number of anilines is 1. The molecule has 1 saturated heterocycles. The molecule has 0 unspecified atom stereocenters. The van der Waals surface area contributed by atoms with Crippen LogP contribution in [0.4, 0.5) is 5.69 Å². The summed E-state index contributed by atoms with van der Waals surface area (Å²) < 4.78 is 12.3. The van der Waals surface area contributed by atoms with Crippen LogP contribution in [-0.2, 0) is 4.74 Å². The van der Waals surface area contributed by atoms with Gasteiger partial charge in [-0.15, -0.1) is 10.2 Å². The van der Waals surface area contributed by atoms with Crippen molar-refractivity contribution >= 4 is 17.2 Å². The minimum absolute atomic E-state index is 0.187. The maximum atomic E-state index is 12.8. The van der Waals surface area contributed by atoms with Crippen molar-refractivity contribution in [2.24, 2.45) is 0 Å². The molecule has 0 saturated carbocycles. The Bertz CT molecular complexity index is 1000. The Labute approximate surface area is 169 Å². The number of carbonyl (C=O) groups excluding carboxylic acids is 1. The number of methoxy groups -OCH3 is 2. The minimum atomic E-state index is -0.187. The minimum Gasteiger partial charge on any atom is -0.497 e. The van der Waals surface area contributed by atoms with Crippen molar-refractivity contribution in [2.75, 3.05) is 45.8 Å². The molecule has 1 N–H and O–H groups in total. The second-order valence-corrected chi connectivity index (χ2v) is 7.17. The van der Waals surface area contributed by atoms with Crippen LogP contribution >= 0.6 is 0 Å². The third kappa shape index (κ3) is 4.23. The largest absolute Gasteiger partial charge is 0.497 e. The van der Waals surface area contributed by atoms with E-state index in [4.69, 9.17) is 9.47 Å². The lowest BCUT2D eigenvalue weighted by Crippen LogP contribution is -2.24. The SMILES string of the molecule is COCCN1CC[C@@H](c2nnc3ccc(C(=O)Nc4cccc(OC)c4)cn23)C1. The Morgan fingerprint density at radius 2 is 2.14 bits per heavy atom. The van der Waals surface area contributed by atoms with Gasteiger partial charge >= 0.3 is 0 Å². The van der Waals surface area contributed by atoms with Gasteiger partial charge in [-0.1, -0.05) is 6.07 Å². The number of amides is 1. The molecule has 2 aromatic heterocycles. The van der Waals surface area contributed by atoms with Gasteiger partial charge in [0.1, 0.15) is 11.6 Å². The molecule has 1 aromatic carbocycles. The van der Waals surface area contributed by atoms with Gasteiger partial charge in [-0.25, -0.2) is 0 Å². The van der Waals surface area contributed by atoms with E-state index >= 15 is 0 Å². The van der Waals surface area contributed by atoms with Gasteiger partial charge in [0.15, 0.2) is 5.65 Å². The zero-order valence-corrected chi connectivity index (χ0v) is 16.7. The molecule has 8 nitrogen and oxygen atoms in total. The number of likely N-dealkylation sites (tertiary alicyclic amines) is 1. The number of carbonyl (C=O) groups is 1. The van der Waals surface area contributed by atoms with E-state index in [0.717, 1.165) is 44.1 Å². The number of benzene rings is 1. The Morgan fingerprint density at radius 3 is 2.97 bits per heavy atom. The van der Waals surface area contributed by atoms with E-state index in [9.17, 15) is 4.79 Å². The number of ether oxygens (including phenoxy) is 2. The number of nitrogens with zero attached hydrogens (tertiary/aromatic N) is 4. The van der Waals surface area contributed by atoms with Crippen molar-refractivity contribution < 1.29 is 14.3 Å². The average molecular weight is 395 g/mol. The molecule has 0 spiro atoms. The fourth-order valence-electron chi connectivity index (χ4n) is 3.69. The first-order chi connectivity index (χ1) is 14.2. The molecular weight excluding hydrogens is 370 g/mol. The van der Waals surface area contributed by atoms with Crippen LogP contribution in [-0.4, -0.2) is 65.9 Å². The summed E-state index contributed by atoms with van der Waals surface area (Å²) in [6.45, 7) is 3.57. The Morgan fingerprint density at radius 1 is 1.24 bits per heavy atom. The summed E-state index contributed by atoms with van der Waals surface area (Å²) in [6.07, 6.45) is 2.84. The first kappa shape index (κ1) is 19.4. The Balaban J connectivity index is 1.53. The van der Waals surface area contributed by atoms with Gasteiger partial charge in [0, 0.05) is 44.1 Å². The molecule has 1 atom stereocenters. The summed E-state index contributed by atoms with van der Waals surface area (Å²) in [5.41, 5.74) is 1.98. The molecule has 0 aliphatic carbocycles. The van der Waals surface area contributed by atoms with Crippen LogP contribution in [0.3, 0.4) is 0 Å². The van der Waals surface area contributed by atoms with Crippen LogP contribution in [0.25, 0.3) is 5.65 Å². The topological polar surface area (TPSA) is 81.0 Å². The number of hydrogen-bond donors (Lipinski definition) is 1. The standard InChI is InChI=1S/C21H25N5O3/c1-28-11-10-25-9-8-15(13-25)20-24-23-19-7-6-16(14-26(19)20)21(27)22-17-4-3-5-18(12-17)29-2/h3-7,12,14-15H,8-11,13H2,1-2H3,(H,22,27)/t15-/m1/s1. The molecule has 3 heterocycles. The summed E-state index contributed by atoms with van der Waals surface area (Å²) in [7, 11) is 3.32. The molecule has 1 aliphatic rings. The van der Waals surface area contributed by atoms with Gasteiger partial charge in [0.2, 0.25) is 0 Å². The Hall–Kier alpha value is -2.97. The van der Waals surface area contributed by atoms with Gasteiger partial charge < -0.3 is 19.7 Å². The van der Waals surface area contributed by atoms with Crippen LogP contribution in [0, 0.1) is 0 Å². The maximum absolute atomic E-state index is 12.8. The van der Waals surface area contributed by atoms with Gasteiger partial charge in [0.05, 0.1) is 19.3 Å². The molecule has 4 rings (SSSR count). The van der Waals surface area contributed by atoms with Gasteiger partial charge in [-0.3, -0.25) is 9.20 Å². The smallest absolute Gasteiger partial charge is 0.257 e. The van der Waals surface area contributed by atoms with E-state index in [1.54, 1.807) is 26.4 Å². The predicted octanol–water partition coefficient (Wildman–Crippen LogP) is 2.43. The molecule has 8 heteroatoms. The lowest BCUT2D eigenvalue weighted by atomic mass is 10.1. The summed E-state index contributed by atoms with van der Waals surface area (Å²) in [5, 5.41) is 11.6. The number of rotatable bonds is 7. The molecule has 1 aliphatic heterocycles. The van der Waals surface area contributed by atoms with E-state index in [1.807, 2.05) is 34.9 Å². The monoisotopic (exact) mass is 395 g/mol. The van der Waals surface area contributed by atoms with E-state index in [1.165, 1.54) is 0 Å². The highest BCUT2D eigenvalue weighted by Crippen LogP contribution is 2.26. The number of fused-ring (bicyclic) bond motifs is 1. The highest BCUT2D eigenvalue weighted by Gasteiger charge is 2.27. The second-order valence-electron chi connectivity index (χ2n) is 7.17. The van der Waals surface area contributed by atoms with Crippen LogP contribution in [0.5, 0.6) is 5.75 Å². The summed E-state index contributed by atoms with van der Waals surface area (Å²) >= 11 is 0. The van der Waals surface area contributed by atoms with E-state index in [0.29, 0.717) is 22.9 Å². The average Bonchev–Trinajstić information content (AvgIpc) is 3.38. The fourth-order valence-corrected chi connectivity index (χ4v) is 3.69. The zero-order chi connectivity index (χ0) is 20.2.